The minimum atomic E-state index is -3.42. The van der Waals surface area contributed by atoms with E-state index in [1.165, 1.54) is 7.11 Å². The summed E-state index contributed by atoms with van der Waals surface area (Å²) in [5.74, 6) is 1.10. The molecule has 0 saturated carbocycles. The number of fused-ring (bicyclic) bond motifs is 1. The molecule has 0 fully saturated rings. The third-order valence-corrected chi connectivity index (χ3v) is 3.96. The zero-order valence-corrected chi connectivity index (χ0v) is 13.7. The number of nitrogens with one attached hydrogen (secondary N) is 2. The van der Waals surface area contributed by atoms with Crippen molar-refractivity contribution in [3.8, 4) is 17.3 Å². The van der Waals surface area contributed by atoms with Gasteiger partial charge in [-0.3, -0.25) is 4.72 Å². The summed E-state index contributed by atoms with van der Waals surface area (Å²) in [7, 11) is -1.92. The molecule has 0 bridgehead atoms. The Morgan fingerprint density at radius 2 is 2.04 bits per heavy atom. The zero-order chi connectivity index (χ0) is 16.6. The Morgan fingerprint density at radius 1 is 1.26 bits per heavy atom. The smallest absolute Gasteiger partial charge is 0.229 e. The van der Waals surface area contributed by atoms with Crippen LogP contribution >= 0.6 is 0 Å². The molecule has 7 nitrogen and oxygen atoms in total. The van der Waals surface area contributed by atoms with E-state index < -0.39 is 10.0 Å². The normalized spacial score (nSPS) is 11.6. The third kappa shape index (κ3) is 3.11. The highest BCUT2D eigenvalue weighted by molar-refractivity contribution is 7.92. The van der Waals surface area contributed by atoms with Gasteiger partial charge in [-0.2, -0.15) is 0 Å². The van der Waals surface area contributed by atoms with E-state index in [1.54, 1.807) is 24.5 Å². The molecular formula is C15H16N4O3S. The van der Waals surface area contributed by atoms with Crippen molar-refractivity contribution in [2.45, 2.75) is 6.92 Å². The minimum absolute atomic E-state index is 0.353. The van der Waals surface area contributed by atoms with Crippen LogP contribution in [-0.4, -0.2) is 36.7 Å². The van der Waals surface area contributed by atoms with E-state index >= 15 is 0 Å². The number of H-pyrrole nitrogens is 1. The predicted octanol–water partition coefficient (Wildman–Crippen LogP) is 2.31. The summed E-state index contributed by atoms with van der Waals surface area (Å²) in [6, 6.07) is 5.36. The Labute approximate surface area is 133 Å². The number of methoxy groups -OCH3 is 1. The number of imidazole rings is 1. The quantitative estimate of drug-likeness (QED) is 0.764. The number of ether oxygens (including phenoxy) is 1. The highest BCUT2D eigenvalue weighted by Gasteiger charge is 2.13. The molecule has 3 aromatic rings. The molecule has 0 aliphatic rings. The maximum Gasteiger partial charge on any atom is 0.229 e. The molecule has 8 heteroatoms. The van der Waals surface area contributed by atoms with Crippen molar-refractivity contribution < 1.29 is 13.2 Å². The lowest BCUT2D eigenvalue weighted by molar-refractivity contribution is 0.417. The van der Waals surface area contributed by atoms with Gasteiger partial charge >= 0.3 is 0 Å². The van der Waals surface area contributed by atoms with Crippen LogP contribution in [0.15, 0.2) is 30.6 Å². The largest absolute Gasteiger partial charge is 0.495 e. The molecule has 0 amide bonds. The number of hydrogen-bond donors (Lipinski definition) is 2. The summed E-state index contributed by atoms with van der Waals surface area (Å²) in [6.07, 6.45) is 4.47. The van der Waals surface area contributed by atoms with Gasteiger partial charge in [-0.1, -0.05) is 0 Å². The number of sulfonamides is 1. The molecule has 2 heterocycles. The first kappa shape index (κ1) is 15.3. The summed E-state index contributed by atoms with van der Waals surface area (Å²) < 4.78 is 30.8. The Bertz CT molecular complexity index is 966. The van der Waals surface area contributed by atoms with E-state index in [1.807, 2.05) is 13.0 Å². The van der Waals surface area contributed by atoms with Gasteiger partial charge in [-0.05, 0) is 30.7 Å². The molecule has 0 unspecified atom stereocenters. The number of benzene rings is 1. The number of aromatic nitrogens is 3. The first-order chi connectivity index (χ1) is 10.9. The van der Waals surface area contributed by atoms with Gasteiger partial charge in [0.1, 0.15) is 11.4 Å². The van der Waals surface area contributed by atoms with Crippen molar-refractivity contribution in [3.05, 3.63) is 36.2 Å². The average molecular weight is 332 g/mol. The molecule has 0 saturated heterocycles. The van der Waals surface area contributed by atoms with Crippen LogP contribution in [-0.2, 0) is 10.0 Å². The Hall–Kier alpha value is -2.61. The van der Waals surface area contributed by atoms with E-state index in [-0.39, 0.29) is 0 Å². The Morgan fingerprint density at radius 3 is 2.65 bits per heavy atom. The molecule has 2 aromatic heterocycles. The van der Waals surface area contributed by atoms with E-state index in [0.717, 1.165) is 17.2 Å². The first-order valence-corrected chi connectivity index (χ1v) is 8.73. The van der Waals surface area contributed by atoms with Gasteiger partial charge in [0.05, 0.1) is 24.6 Å². The van der Waals surface area contributed by atoms with Crippen molar-refractivity contribution >= 4 is 26.6 Å². The number of aromatic amines is 1. The minimum Gasteiger partial charge on any atom is -0.495 e. The number of pyridine rings is 1. The lowest BCUT2D eigenvalue weighted by Gasteiger charge is -2.13. The second kappa shape index (κ2) is 5.54. The molecule has 1 aromatic carbocycles. The number of rotatable bonds is 4. The zero-order valence-electron chi connectivity index (χ0n) is 12.9. The Kier molecular flexibility index (Phi) is 3.69. The number of anilines is 1. The topological polar surface area (TPSA) is 97.0 Å². The van der Waals surface area contributed by atoms with Crippen molar-refractivity contribution in [1.82, 2.24) is 15.0 Å². The number of hydrogen-bond acceptors (Lipinski definition) is 5. The van der Waals surface area contributed by atoms with Gasteiger partial charge in [-0.25, -0.2) is 18.4 Å². The monoisotopic (exact) mass is 332 g/mol. The van der Waals surface area contributed by atoms with E-state index in [2.05, 4.69) is 19.7 Å². The first-order valence-electron chi connectivity index (χ1n) is 6.84. The van der Waals surface area contributed by atoms with Gasteiger partial charge in [0.15, 0.2) is 5.82 Å². The standard InChI is InChI=1S/C15H16N4O3S/c1-9-6-13(15-16-4-5-17-15)18-11-8-12(19-23(3,20)21)14(22-2)7-10(9)11/h4-8,19H,1-3H3,(H,16,17). The predicted molar refractivity (Wildman–Crippen MR) is 89.1 cm³/mol. The van der Waals surface area contributed by atoms with Crippen LogP contribution in [0, 0.1) is 6.92 Å². The molecule has 0 atom stereocenters. The highest BCUT2D eigenvalue weighted by atomic mass is 32.2. The fourth-order valence-corrected chi connectivity index (χ4v) is 2.96. The van der Waals surface area contributed by atoms with Gasteiger partial charge in [0.25, 0.3) is 0 Å². The van der Waals surface area contributed by atoms with Crippen LogP contribution in [0.1, 0.15) is 5.56 Å². The van der Waals surface area contributed by atoms with Crippen LogP contribution < -0.4 is 9.46 Å². The summed E-state index contributed by atoms with van der Waals surface area (Å²) >= 11 is 0. The van der Waals surface area contributed by atoms with Gasteiger partial charge in [0, 0.05) is 17.8 Å². The lowest BCUT2D eigenvalue weighted by Crippen LogP contribution is -2.10. The highest BCUT2D eigenvalue weighted by Crippen LogP contribution is 2.33. The second-order valence-corrected chi connectivity index (χ2v) is 6.95. The van der Waals surface area contributed by atoms with E-state index in [4.69, 9.17) is 4.74 Å². The molecule has 0 spiro atoms. The van der Waals surface area contributed by atoms with Crippen molar-refractivity contribution in [2.24, 2.45) is 0 Å². The molecular weight excluding hydrogens is 316 g/mol. The van der Waals surface area contributed by atoms with Crippen LogP contribution in [0.5, 0.6) is 5.75 Å². The molecule has 0 aliphatic carbocycles. The molecule has 120 valence electrons. The van der Waals surface area contributed by atoms with E-state index in [0.29, 0.717) is 28.5 Å². The fourth-order valence-electron chi connectivity index (χ4n) is 2.40. The molecule has 3 rings (SSSR count). The van der Waals surface area contributed by atoms with Crippen LogP contribution in [0.4, 0.5) is 5.69 Å². The third-order valence-electron chi connectivity index (χ3n) is 3.37. The maximum atomic E-state index is 11.5. The number of aryl methyl sites for hydroxylation is 1. The summed E-state index contributed by atoms with van der Waals surface area (Å²) in [6.45, 7) is 1.96. The van der Waals surface area contributed by atoms with Gasteiger partial charge < -0.3 is 9.72 Å². The SMILES string of the molecule is COc1cc2c(C)cc(-c3ncc[nH]3)nc2cc1NS(C)(=O)=O. The average Bonchev–Trinajstić information content (AvgIpc) is 2.99. The number of nitrogens with zero attached hydrogens (tertiary/aromatic N) is 2. The Balaban J connectivity index is 2.22. The summed E-state index contributed by atoms with van der Waals surface area (Å²) in [5.41, 5.74) is 2.69. The molecule has 0 radical (unpaired) electrons. The van der Waals surface area contributed by atoms with Crippen LogP contribution in [0.25, 0.3) is 22.4 Å². The second-order valence-electron chi connectivity index (χ2n) is 5.21. The molecule has 23 heavy (non-hydrogen) atoms. The van der Waals surface area contributed by atoms with Crippen molar-refractivity contribution in [1.29, 1.82) is 0 Å². The molecule has 0 aliphatic heterocycles. The fraction of sp³-hybridized carbons (Fsp3) is 0.200. The van der Waals surface area contributed by atoms with Gasteiger partial charge in [0.2, 0.25) is 10.0 Å². The lowest BCUT2D eigenvalue weighted by atomic mass is 10.1. The summed E-state index contributed by atoms with van der Waals surface area (Å²) in [5, 5.41) is 0.885. The maximum absolute atomic E-state index is 11.5. The van der Waals surface area contributed by atoms with Gasteiger partial charge in [-0.15, -0.1) is 0 Å². The van der Waals surface area contributed by atoms with Crippen molar-refractivity contribution in [2.75, 3.05) is 18.1 Å². The van der Waals surface area contributed by atoms with Crippen LogP contribution in [0.2, 0.25) is 0 Å². The van der Waals surface area contributed by atoms with Crippen LogP contribution in [0.3, 0.4) is 0 Å². The summed E-state index contributed by atoms with van der Waals surface area (Å²) in [4.78, 5) is 11.8. The molecule has 2 N–H and O–H groups in total. The van der Waals surface area contributed by atoms with Crippen molar-refractivity contribution in [3.63, 3.8) is 0 Å². The van der Waals surface area contributed by atoms with E-state index in [9.17, 15) is 8.42 Å².